The highest BCUT2D eigenvalue weighted by molar-refractivity contribution is 5.97. The molecule has 1 atom stereocenters. The Balaban J connectivity index is 1.37. The number of aromatic nitrogens is 4. The maximum absolute atomic E-state index is 13.7. The van der Waals surface area contributed by atoms with E-state index in [0.29, 0.717) is 17.9 Å². The number of rotatable bonds is 14. The normalized spacial score (nSPS) is 15.3. The summed E-state index contributed by atoms with van der Waals surface area (Å²) < 4.78 is 12.8. The number of benzene rings is 5. The number of unbranched alkanes of at least 4 members (excludes halogenated alkanes) is 1. The number of alkyl carbamates (subject to hydrolysis) is 1. The summed E-state index contributed by atoms with van der Waals surface area (Å²) in [6.45, 7) is 8.83. The van der Waals surface area contributed by atoms with Gasteiger partial charge in [-0.1, -0.05) is 141 Å². The molecule has 61 heavy (non-hydrogen) atoms. The number of Topliss-reactive ketones (excluding diaryl/α,β-unsaturated/α-hetero) is 1. The van der Waals surface area contributed by atoms with E-state index in [4.69, 9.17) is 19.8 Å². The summed E-state index contributed by atoms with van der Waals surface area (Å²) in [5, 5.41) is 19.9. The van der Waals surface area contributed by atoms with Crippen molar-refractivity contribution in [2.75, 3.05) is 12.0 Å². The zero-order chi connectivity index (χ0) is 43.2. The quantitative estimate of drug-likeness (QED) is 0.0809. The number of tetrazole rings is 1. The third kappa shape index (κ3) is 8.39. The van der Waals surface area contributed by atoms with Crippen LogP contribution in [-0.2, 0) is 24.6 Å². The average molecular weight is 818 g/mol. The molecule has 0 aliphatic carbocycles. The highest BCUT2D eigenvalue weighted by Gasteiger charge is 2.50. The van der Waals surface area contributed by atoms with E-state index < -0.39 is 28.9 Å². The topological polar surface area (TPSA) is 141 Å². The van der Waals surface area contributed by atoms with Crippen molar-refractivity contribution in [3.63, 3.8) is 0 Å². The van der Waals surface area contributed by atoms with Crippen LogP contribution in [0.1, 0.15) is 77.0 Å². The summed E-state index contributed by atoms with van der Waals surface area (Å²) in [5.41, 5.74) is 3.26. The Morgan fingerprint density at radius 3 is 1.80 bits per heavy atom. The Bertz CT molecular complexity index is 2420. The van der Waals surface area contributed by atoms with E-state index in [9.17, 15) is 14.4 Å². The fourth-order valence-corrected chi connectivity index (χ4v) is 8.31. The third-order valence-electron chi connectivity index (χ3n) is 10.7. The Labute approximate surface area is 356 Å². The van der Waals surface area contributed by atoms with Gasteiger partial charge in [-0.2, -0.15) is 0 Å². The van der Waals surface area contributed by atoms with E-state index in [1.54, 1.807) is 25.7 Å². The van der Waals surface area contributed by atoms with E-state index >= 15 is 0 Å². The Morgan fingerprint density at radius 2 is 1.30 bits per heavy atom. The number of anilines is 1. The molecule has 2 N–H and O–H groups in total. The zero-order valence-electron chi connectivity index (χ0n) is 35.4. The maximum Gasteiger partial charge on any atom is 0.413 e. The molecule has 0 fully saturated rings. The first-order valence-electron chi connectivity index (χ1n) is 20.5. The van der Waals surface area contributed by atoms with E-state index in [1.807, 2.05) is 108 Å². The van der Waals surface area contributed by atoms with Crippen molar-refractivity contribution in [1.82, 2.24) is 30.8 Å². The van der Waals surface area contributed by atoms with Gasteiger partial charge in [0.05, 0.1) is 7.11 Å². The minimum absolute atomic E-state index is 0.0340. The second kappa shape index (κ2) is 17.6. The largest absolute Gasteiger partial charge is 0.464 e. The van der Waals surface area contributed by atoms with Gasteiger partial charge in [-0.15, -0.1) is 5.10 Å². The molecule has 7 rings (SSSR count). The predicted octanol–water partition coefficient (Wildman–Crippen LogP) is 8.99. The fourth-order valence-electron chi connectivity index (χ4n) is 8.31. The molecule has 0 saturated carbocycles. The van der Waals surface area contributed by atoms with Crippen LogP contribution in [0.5, 0.6) is 0 Å². The highest BCUT2D eigenvalue weighted by Crippen LogP contribution is 2.45. The van der Waals surface area contributed by atoms with Crippen molar-refractivity contribution in [2.24, 2.45) is 0 Å². The van der Waals surface area contributed by atoms with E-state index in [2.05, 4.69) is 59.2 Å². The van der Waals surface area contributed by atoms with Crippen molar-refractivity contribution >= 4 is 23.5 Å². The number of nitrogens with one attached hydrogen (secondary N) is 2. The lowest BCUT2D eigenvalue weighted by Crippen LogP contribution is -2.55. The minimum Gasteiger partial charge on any atom is -0.464 e. The van der Waals surface area contributed by atoms with Gasteiger partial charge in [-0.05, 0) is 90.9 Å². The Hall–Kier alpha value is -7.08. The van der Waals surface area contributed by atoms with E-state index in [0.717, 1.165) is 46.2 Å². The molecule has 12 heteroatoms. The molecule has 1 aliphatic rings. The van der Waals surface area contributed by atoms with Crippen LogP contribution in [0.3, 0.4) is 0 Å². The summed E-state index contributed by atoms with van der Waals surface area (Å²) in [6.07, 6.45) is 1.30. The van der Waals surface area contributed by atoms with Gasteiger partial charge in [0.25, 0.3) is 0 Å². The van der Waals surface area contributed by atoms with Gasteiger partial charge in [0.2, 0.25) is 0 Å². The number of carbonyl (C=O) groups excluding carboxylic acids is 3. The maximum atomic E-state index is 13.7. The first-order valence-corrected chi connectivity index (χ1v) is 20.5. The lowest BCUT2D eigenvalue weighted by atomic mass is 9.77. The summed E-state index contributed by atoms with van der Waals surface area (Å²) in [7, 11) is 1.28. The smallest absolute Gasteiger partial charge is 0.413 e. The van der Waals surface area contributed by atoms with Gasteiger partial charge in [0.15, 0.2) is 11.5 Å². The van der Waals surface area contributed by atoms with Gasteiger partial charge in [0, 0.05) is 17.7 Å². The van der Waals surface area contributed by atoms with Crippen LogP contribution in [0.15, 0.2) is 151 Å². The Kier molecular flexibility index (Phi) is 12.2. The second-order valence-electron chi connectivity index (χ2n) is 16.1. The van der Waals surface area contributed by atoms with Crippen molar-refractivity contribution in [3.8, 4) is 22.5 Å². The number of hydrogen-bond acceptors (Lipinski definition) is 10. The van der Waals surface area contributed by atoms with Crippen LogP contribution >= 0.6 is 0 Å². The summed E-state index contributed by atoms with van der Waals surface area (Å²) in [5.74, 6) is -0.148. The van der Waals surface area contributed by atoms with Gasteiger partial charge in [-0.3, -0.25) is 10.1 Å². The molecule has 1 aliphatic heterocycles. The van der Waals surface area contributed by atoms with Crippen molar-refractivity contribution in [2.45, 2.75) is 77.1 Å². The first-order chi connectivity index (χ1) is 29.4. The summed E-state index contributed by atoms with van der Waals surface area (Å²) >= 11 is 0. The average Bonchev–Trinajstić information content (AvgIpc) is 3.86. The molecule has 1 unspecified atom stereocenters. The number of methoxy groups -OCH3 is 1. The van der Waals surface area contributed by atoms with Crippen molar-refractivity contribution in [3.05, 3.63) is 168 Å². The van der Waals surface area contributed by atoms with Crippen LogP contribution in [0.2, 0.25) is 0 Å². The van der Waals surface area contributed by atoms with Gasteiger partial charge in [-0.25, -0.2) is 14.3 Å². The van der Waals surface area contributed by atoms with Gasteiger partial charge in [0.1, 0.15) is 28.4 Å². The molecule has 1 amide bonds. The molecular formula is C49H51N7O5. The van der Waals surface area contributed by atoms with Gasteiger partial charge < -0.3 is 19.7 Å². The number of amides is 1. The van der Waals surface area contributed by atoms with Gasteiger partial charge >= 0.3 is 12.1 Å². The Morgan fingerprint density at radius 1 is 0.754 bits per heavy atom. The highest BCUT2D eigenvalue weighted by atomic mass is 16.6. The first kappa shape index (κ1) is 42.1. The summed E-state index contributed by atoms with van der Waals surface area (Å²) in [4.78, 5) is 41.7. The molecule has 0 bridgehead atoms. The molecule has 5 aromatic carbocycles. The second-order valence-corrected chi connectivity index (χ2v) is 16.1. The number of carbonyl (C=O) groups is 3. The van der Waals surface area contributed by atoms with Crippen molar-refractivity contribution < 1.29 is 23.9 Å². The van der Waals surface area contributed by atoms with E-state index in [1.165, 1.54) is 14.0 Å². The van der Waals surface area contributed by atoms with Crippen LogP contribution in [0, 0.1) is 0 Å². The number of ketones is 1. The molecule has 0 saturated heterocycles. The summed E-state index contributed by atoms with van der Waals surface area (Å²) in [6, 6.07) is 46.4. The van der Waals surface area contributed by atoms with Crippen LogP contribution in [0.25, 0.3) is 22.5 Å². The molecule has 0 spiro atoms. The predicted molar refractivity (Wildman–Crippen MR) is 235 cm³/mol. The lowest BCUT2D eigenvalue weighted by molar-refractivity contribution is -0.136. The molecule has 0 radical (unpaired) electrons. The molecular weight excluding hydrogens is 767 g/mol. The number of hydrogen-bond donors (Lipinski definition) is 2. The SMILES string of the molecule is CCCCC1(CC(C)=O)NC(NC(=O)OC(C)(C)C)=C(C(=O)OC)N1c1ccc(-c2ccccc2-c2nnnn2C(c2ccccc2)(c2ccccc2)c2ccccc2)cc1. The molecule has 6 aromatic rings. The van der Waals surface area contributed by atoms with Crippen LogP contribution in [-0.4, -0.2) is 56.4 Å². The number of nitrogens with zero attached hydrogens (tertiary/aromatic N) is 5. The monoisotopic (exact) mass is 817 g/mol. The van der Waals surface area contributed by atoms with E-state index in [-0.39, 0.29) is 23.7 Å². The third-order valence-corrected chi connectivity index (χ3v) is 10.7. The standard InChI is InChI=1S/C49H51N7O5/c1-7-8-32-48(33-34(2)57)51-43(50-46(59)61-47(3,4)5)42(45(58)60-6)55(48)39-30-28-35(29-31-39)40-26-18-19-27-41(40)44-52-53-54-56(44)49(36-20-12-9-13-21-36,37-22-14-10-15-23-37)38-24-16-11-17-25-38/h9-31,51H,7-8,32-33H2,1-6H3,(H,50,59). The fraction of sp³-hybridized carbons (Fsp3) is 0.265. The molecule has 1 aromatic heterocycles. The molecule has 12 nitrogen and oxygen atoms in total. The molecule has 312 valence electrons. The lowest BCUT2D eigenvalue weighted by Gasteiger charge is -2.40. The van der Waals surface area contributed by atoms with Crippen LogP contribution < -0.4 is 15.5 Å². The minimum atomic E-state index is -1.10. The zero-order valence-corrected chi connectivity index (χ0v) is 35.4. The number of ether oxygens (including phenoxy) is 2. The number of esters is 1. The molecule has 2 heterocycles. The van der Waals surface area contributed by atoms with Crippen LogP contribution in [0.4, 0.5) is 10.5 Å². The van der Waals surface area contributed by atoms with Crippen molar-refractivity contribution in [1.29, 1.82) is 0 Å².